The summed E-state index contributed by atoms with van der Waals surface area (Å²) in [7, 11) is 0. The van der Waals surface area contributed by atoms with Crippen molar-refractivity contribution in [1.82, 2.24) is 4.57 Å². The van der Waals surface area contributed by atoms with Crippen LogP contribution in [0.25, 0.3) is 83.0 Å². The van der Waals surface area contributed by atoms with Crippen LogP contribution < -0.4 is 20.6 Å². The van der Waals surface area contributed by atoms with Gasteiger partial charge in [-0.2, -0.15) is 0 Å². The Kier molecular flexibility index (Phi) is 7.77. The number of anilines is 4. The van der Waals surface area contributed by atoms with Crippen molar-refractivity contribution in [3.8, 4) is 27.9 Å². The van der Waals surface area contributed by atoms with E-state index in [4.69, 9.17) is 11.0 Å². The quantitative estimate of drug-likeness (QED) is 0.165. The predicted molar refractivity (Wildman–Crippen MR) is 295 cm³/mol. The predicted octanol–water partition coefficient (Wildman–Crippen LogP) is 15.7. The van der Waals surface area contributed by atoms with Crippen molar-refractivity contribution in [2.75, 3.05) is 9.71 Å². The molecular formula is C65H48BN3O. The molecule has 5 heteroatoms. The smallest absolute Gasteiger partial charge is 0.333 e. The molecule has 0 radical (unpaired) electrons. The summed E-state index contributed by atoms with van der Waals surface area (Å²) in [5.74, 6) is 0. The van der Waals surface area contributed by atoms with Gasteiger partial charge in [0.15, 0.2) is 0 Å². The van der Waals surface area contributed by atoms with Crippen LogP contribution in [0.5, 0.6) is 0 Å². The minimum absolute atomic E-state index is 0.00623. The van der Waals surface area contributed by atoms with E-state index in [2.05, 4.69) is 237 Å². The SMILES string of the molecule is C=C1C=C(c2ccccc2)N(c2ccccc2)c2cc3c(cc21)B1c2c(ccc4c5cc6c(cc5n-3c24)oc2ccccc26)-c2cc3c(cc2N1c1ccc(C(C)(C)C)cc1)-c1ccccc1C3(C)C. The van der Waals surface area contributed by atoms with Gasteiger partial charge in [-0.1, -0.05) is 163 Å². The normalized spacial score (nSPS) is 15.1. The van der Waals surface area contributed by atoms with Crippen LogP contribution in [0.4, 0.5) is 22.7 Å². The van der Waals surface area contributed by atoms with Gasteiger partial charge >= 0.3 is 6.85 Å². The molecule has 11 aromatic rings. The van der Waals surface area contributed by atoms with Crippen molar-refractivity contribution >= 4 is 95.5 Å². The maximum absolute atomic E-state index is 6.71. The standard InChI is InChI=1S/C65H48BN3O/c1-38-31-55(39-17-9-7-10-18-39)67(41-19-11-8-12-20-41)56-36-59-54(34-47(38)56)66-62-45(29-30-46-49-32-51-44-22-14-16-24-60(44)70-61(51)37-57(49)68(59)63(46)62)50-33-53-48(43-21-13-15-23-52(43)65(53,5)6)35-58(50)69(66)42-27-25-40(26-28-42)64(2,3)4/h7-37H,1H2,2-6H3. The summed E-state index contributed by atoms with van der Waals surface area (Å²) < 4.78 is 9.28. The topological polar surface area (TPSA) is 24.6 Å². The molecule has 70 heavy (non-hydrogen) atoms. The minimum atomic E-state index is -0.173. The maximum Gasteiger partial charge on any atom is 0.333 e. The Morgan fingerprint density at radius 3 is 2.07 bits per heavy atom. The van der Waals surface area contributed by atoms with E-state index in [1.54, 1.807) is 0 Å². The van der Waals surface area contributed by atoms with Crippen LogP contribution in [0.1, 0.15) is 62.4 Å². The minimum Gasteiger partial charge on any atom is -0.456 e. The van der Waals surface area contributed by atoms with Gasteiger partial charge in [0.2, 0.25) is 0 Å². The second-order valence-electron chi connectivity index (χ2n) is 21.4. The Morgan fingerprint density at radius 1 is 0.529 bits per heavy atom. The van der Waals surface area contributed by atoms with Gasteiger partial charge in [0.25, 0.3) is 0 Å². The van der Waals surface area contributed by atoms with Crippen LogP contribution in [0.3, 0.4) is 0 Å². The molecule has 0 spiro atoms. The van der Waals surface area contributed by atoms with E-state index in [1.165, 1.54) is 77.5 Å². The molecule has 0 N–H and O–H groups in total. The molecule has 9 aromatic carbocycles. The maximum atomic E-state index is 6.71. The van der Waals surface area contributed by atoms with Crippen LogP contribution in [0.15, 0.2) is 199 Å². The second-order valence-corrected chi connectivity index (χ2v) is 21.4. The molecule has 1 aliphatic carbocycles. The highest BCUT2D eigenvalue weighted by Crippen LogP contribution is 2.55. The first-order valence-corrected chi connectivity index (χ1v) is 24.6. The Bertz CT molecular complexity index is 4150. The molecule has 0 saturated heterocycles. The molecule has 0 amide bonds. The van der Waals surface area contributed by atoms with Gasteiger partial charge in [-0.3, -0.25) is 0 Å². The van der Waals surface area contributed by atoms with E-state index < -0.39 is 0 Å². The lowest BCUT2D eigenvalue weighted by molar-refractivity contribution is 0.590. The third-order valence-electron chi connectivity index (χ3n) is 16.2. The number of hydrogen-bond donors (Lipinski definition) is 0. The molecule has 332 valence electrons. The zero-order chi connectivity index (χ0) is 46.9. The Hall–Kier alpha value is -8.28. The third kappa shape index (κ3) is 5.22. The number of allylic oxidation sites excluding steroid dienone is 2. The summed E-state index contributed by atoms with van der Waals surface area (Å²) in [6.07, 6.45) is 2.28. The number of aromatic nitrogens is 1. The van der Waals surface area contributed by atoms with Gasteiger partial charge < -0.3 is 18.7 Å². The van der Waals surface area contributed by atoms with E-state index in [0.29, 0.717) is 0 Å². The molecule has 2 aromatic heterocycles. The van der Waals surface area contributed by atoms with E-state index in [0.717, 1.165) is 66.9 Å². The van der Waals surface area contributed by atoms with Crippen molar-refractivity contribution in [3.63, 3.8) is 0 Å². The number of hydrogen-bond acceptors (Lipinski definition) is 3. The van der Waals surface area contributed by atoms with Crippen LogP contribution >= 0.6 is 0 Å². The number of para-hydroxylation sites is 2. The lowest BCUT2D eigenvalue weighted by Gasteiger charge is -2.43. The van der Waals surface area contributed by atoms with Crippen LogP contribution in [-0.4, -0.2) is 11.4 Å². The molecule has 15 rings (SSSR count). The largest absolute Gasteiger partial charge is 0.456 e. The molecular weight excluding hydrogens is 850 g/mol. The van der Waals surface area contributed by atoms with Gasteiger partial charge in [-0.05, 0) is 122 Å². The Morgan fingerprint density at radius 2 is 1.27 bits per heavy atom. The summed E-state index contributed by atoms with van der Waals surface area (Å²) in [5.41, 5.74) is 25.9. The first-order chi connectivity index (χ1) is 34.0. The molecule has 4 aliphatic rings. The van der Waals surface area contributed by atoms with Gasteiger partial charge in [0, 0.05) is 66.9 Å². The lowest BCUT2D eigenvalue weighted by atomic mass is 9.43. The highest BCUT2D eigenvalue weighted by Gasteiger charge is 2.47. The molecule has 5 heterocycles. The second kappa shape index (κ2) is 13.7. The molecule has 4 nitrogen and oxygen atoms in total. The zero-order valence-corrected chi connectivity index (χ0v) is 39.9. The number of furan rings is 1. The molecule has 0 saturated carbocycles. The van der Waals surface area contributed by atoms with Crippen molar-refractivity contribution in [2.24, 2.45) is 0 Å². The van der Waals surface area contributed by atoms with Gasteiger partial charge in [-0.15, -0.1) is 0 Å². The number of benzene rings is 9. The molecule has 0 fully saturated rings. The summed E-state index contributed by atoms with van der Waals surface area (Å²) >= 11 is 0. The van der Waals surface area contributed by atoms with Gasteiger partial charge in [-0.25, -0.2) is 0 Å². The number of rotatable bonds is 3. The van der Waals surface area contributed by atoms with E-state index in [9.17, 15) is 0 Å². The summed E-state index contributed by atoms with van der Waals surface area (Å²) in [4.78, 5) is 5.11. The summed E-state index contributed by atoms with van der Waals surface area (Å²) in [6.45, 7) is 16.4. The number of fused-ring (bicyclic) bond motifs is 15. The highest BCUT2D eigenvalue weighted by molar-refractivity contribution is 6.93. The molecule has 3 aliphatic heterocycles. The first kappa shape index (κ1) is 39.7. The van der Waals surface area contributed by atoms with Crippen molar-refractivity contribution in [2.45, 2.75) is 45.4 Å². The van der Waals surface area contributed by atoms with Crippen molar-refractivity contribution in [3.05, 3.63) is 222 Å². The molecule has 0 unspecified atom stereocenters. The van der Waals surface area contributed by atoms with Crippen molar-refractivity contribution in [1.29, 1.82) is 0 Å². The highest BCUT2D eigenvalue weighted by atomic mass is 16.3. The molecule has 0 atom stereocenters. The van der Waals surface area contributed by atoms with E-state index >= 15 is 0 Å². The Labute approximate surface area is 408 Å². The lowest BCUT2D eigenvalue weighted by Crippen LogP contribution is -2.60. The van der Waals surface area contributed by atoms with Crippen LogP contribution in [0.2, 0.25) is 0 Å². The van der Waals surface area contributed by atoms with E-state index in [-0.39, 0.29) is 17.7 Å². The first-order valence-electron chi connectivity index (χ1n) is 24.6. The fourth-order valence-corrected chi connectivity index (χ4v) is 12.8. The fourth-order valence-electron chi connectivity index (χ4n) is 12.8. The zero-order valence-electron chi connectivity index (χ0n) is 39.9. The fraction of sp³-hybridized carbons (Fsp3) is 0.108. The average Bonchev–Trinajstić information content (AvgIpc) is 3.99. The van der Waals surface area contributed by atoms with E-state index in [1.807, 2.05) is 0 Å². The monoisotopic (exact) mass is 897 g/mol. The van der Waals surface area contributed by atoms with Gasteiger partial charge in [0.1, 0.15) is 11.2 Å². The van der Waals surface area contributed by atoms with Crippen molar-refractivity contribution < 1.29 is 4.42 Å². The van der Waals surface area contributed by atoms with Crippen LogP contribution in [0, 0.1) is 0 Å². The summed E-state index contributed by atoms with van der Waals surface area (Å²) in [6, 6.07) is 68.0. The Balaban J connectivity index is 1.09. The summed E-state index contributed by atoms with van der Waals surface area (Å²) in [5, 5.41) is 4.72. The third-order valence-corrected chi connectivity index (χ3v) is 16.2. The molecule has 0 bridgehead atoms. The number of nitrogens with zero attached hydrogens (tertiary/aromatic N) is 3. The van der Waals surface area contributed by atoms with Crippen LogP contribution in [-0.2, 0) is 10.8 Å². The van der Waals surface area contributed by atoms with Gasteiger partial charge in [0.05, 0.1) is 22.4 Å². The average molecular weight is 898 g/mol.